The average molecular weight is 611 g/mol. The van der Waals surface area contributed by atoms with Crippen LogP contribution in [0.4, 0.5) is 0 Å². The fourth-order valence-corrected chi connectivity index (χ4v) is 7.00. The summed E-state index contributed by atoms with van der Waals surface area (Å²) >= 11 is 0. The molecule has 0 aliphatic carbocycles. The molecule has 1 aromatic heterocycles. The van der Waals surface area contributed by atoms with Crippen LogP contribution in [0.2, 0.25) is 0 Å². The van der Waals surface area contributed by atoms with Crippen LogP contribution in [0, 0.1) is 0 Å². The molecule has 0 unspecified atom stereocenters. The van der Waals surface area contributed by atoms with Crippen LogP contribution in [-0.4, -0.2) is 9.97 Å². The Labute approximate surface area is 279 Å². The maximum Gasteiger partial charge on any atom is 0.159 e. The Kier molecular flexibility index (Phi) is 6.84. The van der Waals surface area contributed by atoms with Crippen molar-refractivity contribution in [1.82, 2.24) is 9.97 Å². The summed E-state index contributed by atoms with van der Waals surface area (Å²) < 4.78 is 0. The molecule has 0 spiro atoms. The molecular weight excluding hydrogens is 581 g/mol. The monoisotopic (exact) mass is 610 g/mol. The van der Waals surface area contributed by atoms with Gasteiger partial charge in [0.15, 0.2) is 5.82 Å². The Bertz CT molecular complexity index is 2570. The largest absolute Gasteiger partial charge is 0.236 e. The third-order valence-corrected chi connectivity index (χ3v) is 9.34. The van der Waals surface area contributed by atoms with Crippen molar-refractivity contribution in [3.63, 3.8) is 0 Å². The van der Waals surface area contributed by atoms with Gasteiger partial charge in [0.05, 0.1) is 0 Å². The predicted octanol–water partition coefficient (Wildman–Crippen LogP) is 12.3. The van der Waals surface area contributed by atoms with Gasteiger partial charge in [-0.3, -0.25) is 0 Å². The Balaban J connectivity index is 1.31. The first-order chi connectivity index (χ1) is 23.8. The Morgan fingerprint density at radius 2 is 0.708 bits per heavy atom. The van der Waals surface area contributed by atoms with Crippen molar-refractivity contribution >= 4 is 32.3 Å². The van der Waals surface area contributed by atoms with Crippen LogP contribution in [0.3, 0.4) is 0 Å². The summed E-state index contributed by atoms with van der Waals surface area (Å²) in [5, 5.41) is 7.38. The SMILES string of the molecule is c1ccc(-c2ncc(-c3ccc4c(-c5ccccc5)c5cc(-c6ccc7ccccc7c6)ccc5c(-c5ccccc5)c4c3)cn2)cc1. The molecule has 0 atom stereocenters. The van der Waals surface area contributed by atoms with Gasteiger partial charge >= 0.3 is 0 Å². The number of nitrogens with zero attached hydrogens (tertiary/aromatic N) is 2. The van der Waals surface area contributed by atoms with Crippen molar-refractivity contribution < 1.29 is 0 Å². The molecule has 0 radical (unpaired) electrons. The van der Waals surface area contributed by atoms with E-state index in [1.165, 1.54) is 65.7 Å². The maximum absolute atomic E-state index is 4.75. The van der Waals surface area contributed by atoms with Crippen LogP contribution < -0.4 is 0 Å². The van der Waals surface area contributed by atoms with E-state index in [1.807, 2.05) is 42.7 Å². The molecule has 9 rings (SSSR count). The third-order valence-electron chi connectivity index (χ3n) is 9.34. The summed E-state index contributed by atoms with van der Waals surface area (Å²) in [6, 6.07) is 60.8. The van der Waals surface area contributed by atoms with E-state index in [9.17, 15) is 0 Å². The van der Waals surface area contributed by atoms with E-state index in [2.05, 4.69) is 140 Å². The van der Waals surface area contributed by atoms with E-state index in [0.29, 0.717) is 0 Å². The number of hydrogen-bond donors (Lipinski definition) is 0. The molecule has 48 heavy (non-hydrogen) atoms. The first-order valence-corrected chi connectivity index (χ1v) is 16.3. The smallest absolute Gasteiger partial charge is 0.159 e. The lowest BCUT2D eigenvalue weighted by Crippen LogP contribution is -1.93. The highest BCUT2D eigenvalue weighted by atomic mass is 14.9. The number of hydrogen-bond acceptors (Lipinski definition) is 2. The number of benzene rings is 8. The quantitative estimate of drug-likeness (QED) is 0.181. The van der Waals surface area contributed by atoms with Gasteiger partial charge < -0.3 is 0 Å². The lowest BCUT2D eigenvalue weighted by atomic mass is 9.84. The number of aromatic nitrogens is 2. The van der Waals surface area contributed by atoms with Gasteiger partial charge in [-0.1, -0.05) is 152 Å². The zero-order valence-corrected chi connectivity index (χ0v) is 26.2. The molecule has 0 fully saturated rings. The molecule has 0 bridgehead atoms. The maximum atomic E-state index is 4.75. The van der Waals surface area contributed by atoms with Gasteiger partial charge in [0, 0.05) is 23.5 Å². The van der Waals surface area contributed by atoms with E-state index in [0.717, 1.165) is 22.5 Å². The predicted molar refractivity (Wildman–Crippen MR) is 202 cm³/mol. The van der Waals surface area contributed by atoms with Gasteiger partial charge in [-0.25, -0.2) is 9.97 Å². The summed E-state index contributed by atoms with van der Waals surface area (Å²) in [6.45, 7) is 0. The minimum atomic E-state index is 0.727. The molecule has 8 aromatic carbocycles. The van der Waals surface area contributed by atoms with E-state index < -0.39 is 0 Å². The summed E-state index contributed by atoms with van der Waals surface area (Å²) in [7, 11) is 0. The average Bonchev–Trinajstić information content (AvgIpc) is 3.17. The zero-order valence-electron chi connectivity index (χ0n) is 26.2. The molecule has 224 valence electrons. The summed E-state index contributed by atoms with van der Waals surface area (Å²) in [6.07, 6.45) is 3.88. The normalized spacial score (nSPS) is 11.3. The molecule has 2 nitrogen and oxygen atoms in total. The molecule has 2 heteroatoms. The molecule has 9 aromatic rings. The van der Waals surface area contributed by atoms with E-state index in [-0.39, 0.29) is 0 Å². The molecule has 0 aliphatic rings. The molecule has 0 saturated carbocycles. The zero-order chi connectivity index (χ0) is 31.9. The molecule has 0 N–H and O–H groups in total. The second-order valence-electron chi connectivity index (χ2n) is 12.2. The van der Waals surface area contributed by atoms with Crippen LogP contribution in [0.1, 0.15) is 0 Å². The van der Waals surface area contributed by atoms with Gasteiger partial charge in [0.2, 0.25) is 0 Å². The molecular formula is C46H30N2. The summed E-state index contributed by atoms with van der Waals surface area (Å²) in [5.41, 5.74) is 10.4. The van der Waals surface area contributed by atoms with Crippen LogP contribution in [0.15, 0.2) is 182 Å². The second-order valence-corrected chi connectivity index (χ2v) is 12.2. The highest BCUT2D eigenvalue weighted by Crippen LogP contribution is 2.46. The standard InChI is InChI=1S/C46H30N2/c1-4-13-32(14-5-1)44-41-25-23-38(39-29-47-46(48-30-39)34-17-8-3-9-18-34)28-43(41)45(33-15-6-2-7-16-33)40-24-22-37(27-42(40)44)36-21-20-31-12-10-11-19-35(31)26-36/h1-30H. The van der Waals surface area contributed by atoms with Crippen molar-refractivity contribution in [1.29, 1.82) is 0 Å². The second kappa shape index (κ2) is 11.8. The summed E-state index contributed by atoms with van der Waals surface area (Å²) in [4.78, 5) is 9.49. The highest BCUT2D eigenvalue weighted by Gasteiger charge is 2.18. The molecule has 0 aliphatic heterocycles. The van der Waals surface area contributed by atoms with E-state index >= 15 is 0 Å². The molecule has 1 heterocycles. The van der Waals surface area contributed by atoms with Crippen molar-refractivity contribution in [3.8, 4) is 55.9 Å². The van der Waals surface area contributed by atoms with Crippen LogP contribution in [0.25, 0.3) is 88.2 Å². The topological polar surface area (TPSA) is 25.8 Å². The van der Waals surface area contributed by atoms with Gasteiger partial charge in [0.25, 0.3) is 0 Å². The van der Waals surface area contributed by atoms with Crippen LogP contribution in [0.5, 0.6) is 0 Å². The third kappa shape index (κ3) is 4.92. The van der Waals surface area contributed by atoms with Crippen molar-refractivity contribution in [3.05, 3.63) is 182 Å². The summed E-state index contributed by atoms with van der Waals surface area (Å²) in [5.74, 6) is 0.727. The first-order valence-electron chi connectivity index (χ1n) is 16.3. The lowest BCUT2D eigenvalue weighted by Gasteiger charge is -2.19. The first kappa shape index (κ1) is 27.9. The van der Waals surface area contributed by atoms with Gasteiger partial charge in [0.1, 0.15) is 0 Å². The van der Waals surface area contributed by atoms with Gasteiger partial charge in [-0.05, 0) is 89.5 Å². The number of fused-ring (bicyclic) bond motifs is 3. The Hall–Kier alpha value is -6.38. The Morgan fingerprint density at radius 1 is 0.271 bits per heavy atom. The van der Waals surface area contributed by atoms with Gasteiger partial charge in [-0.2, -0.15) is 0 Å². The fourth-order valence-electron chi connectivity index (χ4n) is 7.00. The van der Waals surface area contributed by atoms with E-state index in [1.54, 1.807) is 0 Å². The van der Waals surface area contributed by atoms with E-state index in [4.69, 9.17) is 9.97 Å². The fraction of sp³-hybridized carbons (Fsp3) is 0. The van der Waals surface area contributed by atoms with Crippen molar-refractivity contribution in [2.75, 3.05) is 0 Å². The molecule has 0 saturated heterocycles. The Morgan fingerprint density at radius 3 is 1.27 bits per heavy atom. The highest BCUT2D eigenvalue weighted by molar-refractivity contribution is 6.22. The minimum Gasteiger partial charge on any atom is -0.236 e. The van der Waals surface area contributed by atoms with Crippen LogP contribution >= 0.6 is 0 Å². The minimum absolute atomic E-state index is 0.727. The van der Waals surface area contributed by atoms with Crippen molar-refractivity contribution in [2.24, 2.45) is 0 Å². The number of rotatable bonds is 5. The van der Waals surface area contributed by atoms with Gasteiger partial charge in [-0.15, -0.1) is 0 Å². The lowest BCUT2D eigenvalue weighted by molar-refractivity contribution is 1.18. The van der Waals surface area contributed by atoms with Crippen molar-refractivity contribution in [2.45, 2.75) is 0 Å². The molecule has 0 amide bonds. The van der Waals surface area contributed by atoms with Crippen LogP contribution in [-0.2, 0) is 0 Å².